The number of halogens is 2. The van der Waals surface area contributed by atoms with E-state index in [9.17, 15) is 0 Å². The molecule has 1 saturated heterocycles. The summed E-state index contributed by atoms with van der Waals surface area (Å²) in [6.45, 7) is 1.87. The van der Waals surface area contributed by atoms with Gasteiger partial charge >= 0.3 is 0 Å². The van der Waals surface area contributed by atoms with E-state index in [0.29, 0.717) is 10.9 Å². The average Bonchev–Trinajstić information content (AvgIpc) is 2.51. The Kier molecular flexibility index (Phi) is 4.08. The maximum absolute atomic E-state index is 6.20. The molecular formula is C15H15Cl2N3. The third-order valence-corrected chi connectivity index (χ3v) is 4.14. The van der Waals surface area contributed by atoms with E-state index in [4.69, 9.17) is 23.2 Å². The van der Waals surface area contributed by atoms with Crippen LogP contribution < -0.4 is 4.90 Å². The second-order valence-corrected chi connectivity index (χ2v) is 5.75. The van der Waals surface area contributed by atoms with Crippen molar-refractivity contribution >= 4 is 29.0 Å². The summed E-state index contributed by atoms with van der Waals surface area (Å²) in [5, 5.41) is 0.800. The second-order valence-electron chi connectivity index (χ2n) is 5.01. The molecule has 0 radical (unpaired) electrons. The van der Waals surface area contributed by atoms with Gasteiger partial charge in [-0.3, -0.25) is 0 Å². The zero-order chi connectivity index (χ0) is 13.9. The lowest BCUT2D eigenvalue weighted by Crippen LogP contribution is -2.35. The predicted molar refractivity (Wildman–Crippen MR) is 82.7 cm³/mol. The van der Waals surface area contributed by atoms with Crippen LogP contribution in [0.25, 0.3) is 0 Å². The van der Waals surface area contributed by atoms with E-state index >= 15 is 0 Å². The maximum Gasteiger partial charge on any atom is 0.224 e. The van der Waals surface area contributed by atoms with Crippen molar-refractivity contribution in [3.05, 3.63) is 52.4 Å². The molecule has 1 atom stereocenters. The van der Waals surface area contributed by atoms with Crippen LogP contribution in [0, 0.1) is 0 Å². The number of hydrogen-bond donors (Lipinski definition) is 0. The lowest BCUT2D eigenvalue weighted by molar-refractivity contribution is 0.507. The van der Waals surface area contributed by atoms with Gasteiger partial charge < -0.3 is 4.90 Å². The first-order chi connectivity index (χ1) is 9.74. The van der Waals surface area contributed by atoms with E-state index in [2.05, 4.69) is 39.1 Å². The lowest BCUT2D eigenvalue weighted by atomic mass is 9.91. The third kappa shape index (κ3) is 2.89. The van der Waals surface area contributed by atoms with Gasteiger partial charge in [0.25, 0.3) is 0 Å². The van der Waals surface area contributed by atoms with Crippen LogP contribution in [-0.4, -0.2) is 23.1 Å². The van der Waals surface area contributed by atoms with E-state index in [0.717, 1.165) is 25.3 Å². The number of rotatable bonds is 2. The van der Waals surface area contributed by atoms with Gasteiger partial charge in [-0.25, -0.2) is 4.98 Å². The predicted octanol–water partition coefficient (Wildman–Crippen LogP) is 4.17. The summed E-state index contributed by atoms with van der Waals surface area (Å²) in [6, 6.07) is 10.6. The van der Waals surface area contributed by atoms with Crippen LogP contribution >= 0.6 is 23.2 Å². The van der Waals surface area contributed by atoms with Gasteiger partial charge in [-0.1, -0.05) is 41.9 Å². The molecule has 1 fully saturated rings. The first-order valence-corrected chi connectivity index (χ1v) is 7.47. The Morgan fingerprint density at radius 1 is 1.15 bits per heavy atom. The van der Waals surface area contributed by atoms with Crippen LogP contribution in [0.5, 0.6) is 0 Å². The van der Waals surface area contributed by atoms with Gasteiger partial charge in [0.15, 0.2) is 5.82 Å². The molecule has 3 rings (SSSR count). The smallest absolute Gasteiger partial charge is 0.224 e. The van der Waals surface area contributed by atoms with Gasteiger partial charge in [0.2, 0.25) is 5.28 Å². The van der Waals surface area contributed by atoms with Gasteiger partial charge in [0.05, 0.1) is 6.20 Å². The van der Waals surface area contributed by atoms with Crippen molar-refractivity contribution in [2.24, 2.45) is 0 Å². The molecule has 3 nitrogen and oxygen atoms in total. The van der Waals surface area contributed by atoms with E-state index in [-0.39, 0.29) is 5.28 Å². The highest BCUT2D eigenvalue weighted by molar-refractivity contribution is 6.33. The summed E-state index contributed by atoms with van der Waals surface area (Å²) in [5.41, 5.74) is 1.37. The summed E-state index contributed by atoms with van der Waals surface area (Å²) in [4.78, 5) is 10.4. The molecule has 104 valence electrons. The Bertz CT molecular complexity index is 589. The number of aromatic nitrogens is 2. The number of anilines is 1. The lowest BCUT2D eigenvalue weighted by Gasteiger charge is -2.34. The molecule has 1 aromatic carbocycles. The zero-order valence-electron chi connectivity index (χ0n) is 11.0. The van der Waals surface area contributed by atoms with Crippen LogP contribution in [0.15, 0.2) is 36.5 Å². The molecular weight excluding hydrogens is 293 g/mol. The largest absolute Gasteiger partial charge is 0.355 e. The van der Waals surface area contributed by atoms with Gasteiger partial charge in [0, 0.05) is 19.0 Å². The Balaban J connectivity index is 1.83. The molecule has 0 N–H and O–H groups in total. The SMILES string of the molecule is Clc1ncc(Cl)c(N2CCCC(c3ccccc3)C2)n1. The molecule has 0 aliphatic carbocycles. The molecule has 0 saturated carbocycles. The molecule has 0 bridgehead atoms. The van der Waals surface area contributed by atoms with Crippen molar-refractivity contribution in [1.29, 1.82) is 0 Å². The fourth-order valence-corrected chi connectivity index (χ4v) is 3.07. The highest BCUT2D eigenvalue weighted by atomic mass is 35.5. The Labute approximate surface area is 128 Å². The third-order valence-electron chi connectivity index (χ3n) is 3.69. The molecule has 2 aromatic rings. The fraction of sp³-hybridized carbons (Fsp3) is 0.333. The summed E-state index contributed by atoms with van der Waals surface area (Å²) in [5.74, 6) is 1.25. The van der Waals surface area contributed by atoms with Crippen molar-refractivity contribution in [2.75, 3.05) is 18.0 Å². The number of piperidine rings is 1. The monoisotopic (exact) mass is 307 g/mol. The van der Waals surface area contributed by atoms with Gasteiger partial charge in [0.1, 0.15) is 5.02 Å². The van der Waals surface area contributed by atoms with Crippen LogP contribution in [0.1, 0.15) is 24.3 Å². The van der Waals surface area contributed by atoms with Crippen LogP contribution in [0.2, 0.25) is 10.3 Å². The number of hydrogen-bond acceptors (Lipinski definition) is 3. The van der Waals surface area contributed by atoms with Crippen LogP contribution in [0.3, 0.4) is 0 Å². The summed E-state index contributed by atoms with van der Waals surface area (Å²) < 4.78 is 0. The molecule has 1 aliphatic heterocycles. The minimum absolute atomic E-state index is 0.242. The van der Waals surface area contributed by atoms with Gasteiger partial charge in [-0.15, -0.1) is 0 Å². The molecule has 1 unspecified atom stereocenters. The number of nitrogens with zero attached hydrogens (tertiary/aromatic N) is 3. The Hall–Kier alpha value is -1.32. The molecule has 0 amide bonds. The van der Waals surface area contributed by atoms with Crippen LogP contribution in [0.4, 0.5) is 5.82 Å². The Morgan fingerprint density at radius 3 is 2.75 bits per heavy atom. The van der Waals surface area contributed by atoms with Gasteiger partial charge in [-0.2, -0.15) is 4.98 Å². The number of benzene rings is 1. The van der Waals surface area contributed by atoms with Crippen molar-refractivity contribution in [3.63, 3.8) is 0 Å². The molecule has 1 aromatic heterocycles. The fourth-order valence-electron chi connectivity index (χ4n) is 2.73. The van der Waals surface area contributed by atoms with Crippen LogP contribution in [-0.2, 0) is 0 Å². The zero-order valence-corrected chi connectivity index (χ0v) is 12.5. The normalized spacial score (nSPS) is 19.1. The standard InChI is InChI=1S/C15H15Cl2N3/c16-13-9-18-15(17)19-14(13)20-8-4-7-12(10-20)11-5-2-1-3-6-11/h1-3,5-6,9,12H,4,7-8,10H2. The first-order valence-electron chi connectivity index (χ1n) is 6.72. The minimum atomic E-state index is 0.242. The van der Waals surface area contributed by atoms with Crippen molar-refractivity contribution in [3.8, 4) is 0 Å². The summed E-state index contributed by atoms with van der Waals surface area (Å²) >= 11 is 12.1. The van der Waals surface area contributed by atoms with E-state index in [1.165, 1.54) is 12.0 Å². The molecule has 1 aliphatic rings. The molecule has 2 heterocycles. The Morgan fingerprint density at radius 2 is 1.95 bits per heavy atom. The van der Waals surface area contributed by atoms with Crippen molar-refractivity contribution in [2.45, 2.75) is 18.8 Å². The van der Waals surface area contributed by atoms with Crippen molar-refractivity contribution in [1.82, 2.24) is 9.97 Å². The van der Waals surface area contributed by atoms with Crippen molar-refractivity contribution < 1.29 is 0 Å². The highest BCUT2D eigenvalue weighted by Gasteiger charge is 2.23. The van der Waals surface area contributed by atoms with E-state index in [1.54, 1.807) is 6.20 Å². The molecule has 0 spiro atoms. The topological polar surface area (TPSA) is 29.0 Å². The first kappa shape index (κ1) is 13.7. The summed E-state index contributed by atoms with van der Waals surface area (Å²) in [7, 11) is 0. The maximum atomic E-state index is 6.20. The molecule has 5 heteroatoms. The van der Waals surface area contributed by atoms with Gasteiger partial charge in [-0.05, 0) is 30.0 Å². The van der Waals surface area contributed by atoms with E-state index < -0.39 is 0 Å². The highest BCUT2D eigenvalue weighted by Crippen LogP contribution is 2.32. The second kappa shape index (κ2) is 5.98. The quantitative estimate of drug-likeness (QED) is 0.780. The average molecular weight is 308 g/mol. The molecule has 20 heavy (non-hydrogen) atoms. The summed E-state index contributed by atoms with van der Waals surface area (Å²) in [6.07, 6.45) is 3.88. The minimum Gasteiger partial charge on any atom is -0.355 e. The van der Waals surface area contributed by atoms with E-state index in [1.807, 2.05) is 6.07 Å².